The molecule has 0 bridgehead atoms. The van der Waals surface area contributed by atoms with Crippen molar-refractivity contribution in [2.45, 2.75) is 39.5 Å². The van der Waals surface area contributed by atoms with E-state index >= 15 is 0 Å². The Morgan fingerprint density at radius 3 is 2.75 bits per heavy atom. The molecular weight excluding hydrogens is 222 g/mol. The Hall–Kier alpha value is -0.830. The minimum absolute atomic E-state index is 0.553. The number of rotatable bonds is 5. The Morgan fingerprint density at radius 2 is 2.06 bits per heavy atom. The summed E-state index contributed by atoms with van der Waals surface area (Å²) in [7, 11) is 0. The molecule has 88 valence electrons. The number of halogens is 1. The van der Waals surface area contributed by atoms with E-state index in [-0.39, 0.29) is 0 Å². The number of nitrogens with zero attached hydrogens (tertiary/aromatic N) is 2. The van der Waals surface area contributed by atoms with Gasteiger partial charge in [0, 0.05) is 12.1 Å². The molecule has 0 amide bonds. The maximum Gasteiger partial charge on any atom is 0.137 e. The zero-order valence-electron chi connectivity index (χ0n) is 9.89. The lowest BCUT2D eigenvalue weighted by atomic mass is 10.2. The minimum Gasteiger partial charge on any atom is -0.370 e. The van der Waals surface area contributed by atoms with Crippen LogP contribution in [-0.4, -0.2) is 16.5 Å². The van der Waals surface area contributed by atoms with Gasteiger partial charge in [-0.1, -0.05) is 24.4 Å². The van der Waals surface area contributed by atoms with Crippen molar-refractivity contribution in [1.82, 2.24) is 9.97 Å². The predicted molar refractivity (Wildman–Crippen MR) is 67.0 cm³/mol. The normalized spacial score (nSPS) is 15.2. The molecule has 1 aliphatic rings. The second-order valence-electron chi connectivity index (χ2n) is 4.55. The monoisotopic (exact) mass is 239 g/mol. The lowest BCUT2D eigenvalue weighted by Gasteiger charge is -2.09. The summed E-state index contributed by atoms with van der Waals surface area (Å²) in [5.74, 6) is 2.60. The van der Waals surface area contributed by atoms with Crippen LogP contribution >= 0.6 is 11.6 Å². The largest absolute Gasteiger partial charge is 0.370 e. The highest BCUT2D eigenvalue weighted by Gasteiger charge is 2.20. The smallest absolute Gasteiger partial charge is 0.137 e. The average molecular weight is 240 g/mol. The first kappa shape index (κ1) is 11.6. The quantitative estimate of drug-likeness (QED) is 0.633. The summed E-state index contributed by atoms with van der Waals surface area (Å²) in [5.41, 5.74) is 0.943. The fraction of sp³-hybridized carbons (Fsp3) is 0.667. The summed E-state index contributed by atoms with van der Waals surface area (Å²) in [5, 5.41) is 3.90. The van der Waals surface area contributed by atoms with E-state index in [1.54, 1.807) is 0 Å². The number of anilines is 1. The number of aryl methyl sites for hydroxylation is 1. The van der Waals surface area contributed by atoms with Crippen molar-refractivity contribution < 1.29 is 0 Å². The van der Waals surface area contributed by atoms with Crippen LogP contribution in [0.25, 0.3) is 0 Å². The highest BCUT2D eigenvalue weighted by molar-refractivity contribution is 6.30. The fourth-order valence-electron chi connectivity index (χ4n) is 1.77. The molecule has 1 heterocycles. The van der Waals surface area contributed by atoms with Crippen LogP contribution in [0, 0.1) is 19.8 Å². The maximum absolute atomic E-state index is 6.00. The second kappa shape index (κ2) is 5.00. The Morgan fingerprint density at radius 1 is 1.31 bits per heavy atom. The van der Waals surface area contributed by atoms with Gasteiger partial charge in [0.15, 0.2) is 0 Å². The van der Waals surface area contributed by atoms with Crippen LogP contribution in [0.5, 0.6) is 0 Å². The minimum atomic E-state index is 0.553. The molecule has 0 atom stereocenters. The number of aromatic nitrogens is 2. The van der Waals surface area contributed by atoms with Crippen molar-refractivity contribution in [3.8, 4) is 0 Å². The molecule has 0 aliphatic heterocycles. The third-order valence-corrected chi connectivity index (χ3v) is 3.34. The van der Waals surface area contributed by atoms with Crippen LogP contribution in [0.4, 0.5) is 5.82 Å². The standard InChI is InChI=1S/C12H18ClN3/c1-8-11(13)15-9(2)16-12(8)14-7-3-4-10-5-6-10/h10H,3-7H2,1-2H3,(H,14,15,16). The molecule has 0 aromatic carbocycles. The van der Waals surface area contributed by atoms with Crippen molar-refractivity contribution in [3.05, 3.63) is 16.5 Å². The van der Waals surface area contributed by atoms with E-state index in [0.29, 0.717) is 5.15 Å². The van der Waals surface area contributed by atoms with Crippen LogP contribution in [0.15, 0.2) is 0 Å². The number of hydrogen-bond acceptors (Lipinski definition) is 3. The molecule has 1 aromatic rings. The van der Waals surface area contributed by atoms with Crippen molar-refractivity contribution >= 4 is 17.4 Å². The lowest BCUT2D eigenvalue weighted by Crippen LogP contribution is -2.07. The molecule has 0 spiro atoms. The van der Waals surface area contributed by atoms with Crippen molar-refractivity contribution in [1.29, 1.82) is 0 Å². The number of nitrogens with one attached hydrogen (secondary N) is 1. The van der Waals surface area contributed by atoms with Gasteiger partial charge in [0.05, 0.1) is 0 Å². The van der Waals surface area contributed by atoms with E-state index < -0.39 is 0 Å². The first-order valence-corrected chi connectivity index (χ1v) is 6.29. The summed E-state index contributed by atoms with van der Waals surface area (Å²) < 4.78 is 0. The van der Waals surface area contributed by atoms with Crippen LogP contribution in [0.3, 0.4) is 0 Å². The van der Waals surface area contributed by atoms with Gasteiger partial charge < -0.3 is 5.32 Å². The molecule has 0 unspecified atom stereocenters. The lowest BCUT2D eigenvalue weighted by molar-refractivity contribution is 0.686. The van der Waals surface area contributed by atoms with Gasteiger partial charge in [0.2, 0.25) is 0 Å². The maximum atomic E-state index is 6.00. The summed E-state index contributed by atoms with van der Waals surface area (Å²) in [6.07, 6.45) is 5.41. The van der Waals surface area contributed by atoms with E-state index in [1.807, 2.05) is 13.8 Å². The average Bonchev–Trinajstić information content (AvgIpc) is 3.03. The summed E-state index contributed by atoms with van der Waals surface area (Å²) >= 11 is 6.00. The second-order valence-corrected chi connectivity index (χ2v) is 4.91. The summed E-state index contributed by atoms with van der Waals surface area (Å²) in [6, 6.07) is 0. The van der Waals surface area contributed by atoms with E-state index in [2.05, 4.69) is 15.3 Å². The SMILES string of the molecule is Cc1nc(Cl)c(C)c(NCCCC2CC2)n1. The predicted octanol–water partition coefficient (Wildman–Crippen LogP) is 3.35. The van der Waals surface area contributed by atoms with Gasteiger partial charge in [-0.2, -0.15) is 0 Å². The Kier molecular flexibility index (Phi) is 3.64. The van der Waals surface area contributed by atoms with Crippen molar-refractivity contribution in [3.63, 3.8) is 0 Å². The molecule has 2 rings (SSSR count). The molecule has 1 N–H and O–H groups in total. The van der Waals surface area contributed by atoms with Crippen LogP contribution in [0.1, 0.15) is 37.1 Å². The van der Waals surface area contributed by atoms with Gasteiger partial charge in [0.1, 0.15) is 16.8 Å². The topological polar surface area (TPSA) is 37.8 Å². The third kappa shape index (κ3) is 3.08. The van der Waals surface area contributed by atoms with Crippen LogP contribution in [-0.2, 0) is 0 Å². The van der Waals surface area contributed by atoms with E-state index in [1.165, 1.54) is 25.7 Å². The Labute approximate surface area is 102 Å². The Bertz CT molecular complexity index is 375. The zero-order valence-corrected chi connectivity index (χ0v) is 10.6. The van der Waals surface area contributed by atoms with Crippen LogP contribution < -0.4 is 5.32 Å². The summed E-state index contributed by atoms with van der Waals surface area (Å²) in [6.45, 7) is 4.79. The van der Waals surface area contributed by atoms with E-state index in [9.17, 15) is 0 Å². The van der Waals surface area contributed by atoms with Gasteiger partial charge in [-0.05, 0) is 32.6 Å². The highest BCUT2D eigenvalue weighted by atomic mass is 35.5. The summed E-state index contributed by atoms with van der Waals surface area (Å²) in [4.78, 5) is 8.47. The van der Waals surface area contributed by atoms with Gasteiger partial charge in [0.25, 0.3) is 0 Å². The van der Waals surface area contributed by atoms with Gasteiger partial charge in [-0.3, -0.25) is 0 Å². The van der Waals surface area contributed by atoms with Gasteiger partial charge >= 0.3 is 0 Å². The molecule has 3 nitrogen and oxygen atoms in total. The molecule has 4 heteroatoms. The molecular formula is C12H18ClN3. The van der Waals surface area contributed by atoms with Crippen molar-refractivity contribution in [2.75, 3.05) is 11.9 Å². The molecule has 1 fully saturated rings. The third-order valence-electron chi connectivity index (χ3n) is 2.98. The van der Waals surface area contributed by atoms with Crippen LogP contribution in [0.2, 0.25) is 5.15 Å². The molecule has 16 heavy (non-hydrogen) atoms. The molecule has 0 saturated heterocycles. The first-order chi connectivity index (χ1) is 7.66. The molecule has 1 aliphatic carbocycles. The van der Waals surface area contributed by atoms with Gasteiger partial charge in [-0.15, -0.1) is 0 Å². The number of hydrogen-bond donors (Lipinski definition) is 1. The molecule has 0 radical (unpaired) electrons. The van der Waals surface area contributed by atoms with Crippen molar-refractivity contribution in [2.24, 2.45) is 5.92 Å². The molecule has 1 aromatic heterocycles. The Balaban J connectivity index is 1.86. The zero-order chi connectivity index (χ0) is 11.5. The fourth-order valence-corrected chi connectivity index (χ4v) is 1.98. The molecule has 1 saturated carbocycles. The van der Waals surface area contributed by atoms with E-state index in [0.717, 1.165) is 29.7 Å². The first-order valence-electron chi connectivity index (χ1n) is 5.91. The van der Waals surface area contributed by atoms with E-state index in [4.69, 9.17) is 11.6 Å². The highest BCUT2D eigenvalue weighted by Crippen LogP contribution is 2.33. The van der Waals surface area contributed by atoms with Gasteiger partial charge in [-0.25, -0.2) is 9.97 Å².